The third-order valence-corrected chi connectivity index (χ3v) is 4.12. The maximum Gasteiger partial charge on any atom is 0.270 e. The molecule has 0 saturated heterocycles. The average Bonchev–Trinajstić information content (AvgIpc) is 2.84. The maximum atomic E-state index is 12.0. The molecule has 2 rings (SSSR count). The molecule has 1 N–H and O–H groups in total. The van der Waals surface area contributed by atoms with Crippen molar-refractivity contribution in [1.29, 1.82) is 5.26 Å². The number of hydrogen-bond donors (Lipinski definition) is 1. The Morgan fingerprint density at radius 1 is 1.57 bits per heavy atom. The Balaban J connectivity index is 2.02. The molecule has 23 heavy (non-hydrogen) atoms. The summed E-state index contributed by atoms with van der Waals surface area (Å²) in [7, 11) is 0. The van der Waals surface area contributed by atoms with Crippen molar-refractivity contribution in [3.05, 3.63) is 49.3 Å². The van der Waals surface area contributed by atoms with E-state index in [4.69, 9.17) is 5.26 Å². The smallest absolute Gasteiger partial charge is 0.270 e. The molecule has 8 nitrogen and oxygen atoms in total. The van der Waals surface area contributed by atoms with E-state index in [1.165, 1.54) is 12.1 Å². The number of nitrogens with zero attached hydrogens (tertiary/aromatic N) is 4. The van der Waals surface area contributed by atoms with Crippen molar-refractivity contribution < 1.29 is 9.72 Å². The second-order valence-electron chi connectivity index (χ2n) is 4.72. The zero-order valence-electron chi connectivity index (χ0n) is 12.1. The van der Waals surface area contributed by atoms with Crippen molar-refractivity contribution in [2.45, 2.75) is 19.9 Å². The topological polar surface area (TPSA) is 114 Å². The largest absolute Gasteiger partial charge is 0.325 e. The van der Waals surface area contributed by atoms with Crippen LogP contribution in [-0.2, 0) is 11.3 Å². The number of halogens is 1. The summed E-state index contributed by atoms with van der Waals surface area (Å²) in [5.41, 5.74) is 1.01. The number of nitro groups is 1. The minimum absolute atomic E-state index is 0.0528. The van der Waals surface area contributed by atoms with Crippen LogP contribution >= 0.6 is 22.6 Å². The van der Waals surface area contributed by atoms with Crippen LogP contribution in [0.15, 0.2) is 24.4 Å². The SMILES string of the molecule is Cc1nn(CCC(=O)Nc2ccc([N+](=O)[O-])cc2C#N)cc1I. The van der Waals surface area contributed by atoms with Gasteiger partial charge < -0.3 is 5.32 Å². The van der Waals surface area contributed by atoms with Gasteiger partial charge in [0.05, 0.1) is 25.4 Å². The van der Waals surface area contributed by atoms with Gasteiger partial charge in [-0.05, 0) is 35.6 Å². The number of aromatic nitrogens is 2. The van der Waals surface area contributed by atoms with Crippen LogP contribution in [0.3, 0.4) is 0 Å². The Morgan fingerprint density at radius 2 is 2.30 bits per heavy atom. The molecule has 2 aromatic rings. The lowest BCUT2D eigenvalue weighted by Crippen LogP contribution is -2.15. The molecule has 0 unspecified atom stereocenters. The van der Waals surface area contributed by atoms with Gasteiger partial charge in [0, 0.05) is 31.3 Å². The number of non-ortho nitro benzene ring substituents is 1. The lowest BCUT2D eigenvalue weighted by Gasteiger charge is -2.07. The van der Waals surface area contributed by atoms with Crippen LogP contribution in [0.4, 0.5) is 11.4 Å². The Hall–Kier alpha value is -2.48. The number of hydrogen-bond acceptors (Lipinski definition) is 5. The first kappa shape index (κ1) is 16.9. The fraction of sp³-hybridized carbons (Fsp3) is 0.214. The first-order valence-electron chi connectivity index (χ1n) is 6.58. The molecular weight excluding hydrogens is 413 g/mol. The first-order chi connectivity index (χ1) is 10.9. The van der Waals surface area contributed by atoms with Gasteiger partial charge in [-0.15, -0.1) is 0 Å². The number of anilines is 1. The van der Waals surface area contributed by atoms with Gasteiger partial charge >= 0.3 is 0 Å². The van der Waals surface area contributed by atoms with Crippen molar-refractivity contribution in [1.82, 2.24) is 9.78 Å². The Morgan fingerprint density at radius 3 is 2.87 bits per heavy atom. The maximum absolute atomic E-state index is 12.0. The van der Waals surface area contributed by atoms with Gasteiger partial charge in [-0.1, -0.05) is 0 Å². The quantitative estimate of drug-likeness (QED) is 0.450. The Labute approximate surface area is 145 Å². The third-order valence-electron chi connectivity index (χ3n) is 3.06. The molecule has 0 bridgehead atoms. The highest BCUT2D eigenvalue weighted by Crippen LogP contribution is 2.21. The predicted molar refractivity (Wildman–Crippen MR) is 90.7 cm³/mol. The highest BCUT2D eigenvalue weighted by Gasteiger charge is 2.13. The lowest BCUT2D eigenvalue weighted by atomic mass is 10.1. The minimum atomic E-state index is -0.589. The molecule has 0 fully saturated rings. The normalized spacial score (nSPS) is 10.1. The highest BCUT2D eigenvalue weighted by atomic mass is 127. The number of amides is 1. The average molecular weight is 425 g/mol. The van der Waals surface area contributed by atoms with Gasteiger partial charge in [-0.25, -0.2) is 0 Å². The van der Waals surface area contributed by atoms with Gasteiger partial charge in [-0.3, -0.25) is 19.6 Å². The van der Waals surface area contributed by atoms with Crippen LogP contribution in [0, 0.1) is 31.9 Å². The van der Waals surface area contributed by atoms with Crippen molar-refractivity contribution in [3.63, 3.8) is 0 Å². The molecule has 0 saturated carbocycles. The van der Waals surface area contributed by atoms with E-state index in [9.17, 15) is 14.9 Å². The molecule has 0 spiro atoms. The monoisotopic (exact) mass is 425 g/mol. The molecule has 0 aliphatic carbocycles. The minimum Gasteiger partial charge on any atom is -0.325 e. The molecule has 118 valence electrons. The second-order valence-corrected chi connectivity index (χ2v) is 5.88. The van der Waals surface area contributed by atoms with E-state index >= 15 is 0 Å². The van der Waals surface area contributed by atoms with Gasteiger partial charge in [0.15, 0.2) is 0 Å². The predicted octanol–water partition coefficient (Wildman–Crippen LogP) is 2.60. The molecule has 1 heterocycles. The molecule has 9 heteroatoms. The number of rotatable bonds is 5. The van der Waals surface area contributed by atoms with Gasteiger partial charge in [0.25, 0.3) is 5.69 Å². The second kappa shape index (κ2) is 7.19. The summed E-state index contributed by atoms with van der Waals surface area (Å²) in [4.78, 5) is 22.1. The summed E-state index contributed by atoms with van der Waals surface area (Å²) in [5, 5.41) is 26.6. The van der Waals surface area contributed by atoms with E-state index in [-0.39, 0.29) is 29.3 Å². The number of nitriles is 1. The third kappa shape index (κ3) is 4.26. The molecular formula is C14H12IN5O3. The summed E-state index contributed by atoms with van der Waals surface area (Å²) in [5.74, 6) is -0.293. The van der Waals surface area contributed by atoms with Gasteiger partial charge in [0.2, 0.25) is 5.91 Å². The van der Waals surface area contributed by atoms with Gasteiger partial charge in [0.1, 0.15) is 6.07 Å². The number of carbonyl (C=O) groups is 1. The van der Waals surface area contributed by atoms with Crippen LogP contribution in [-0.4, -0.2) is 20.6 Å². The van der Waals surface area contributed by atoms with Crippen LogP contribution in [0.5, 0.6) is 0 Å². The van der Waals surface area contributed by atoms with Crippen molar-refractivity contribution in [2.24, 2.45) is 0 Å². The molecule has 0 radical (unpaired) electrons. The summed E-state index contributed by atoms with van der Waals surface area (Å²) >= 11 is 2.16. The molecule has 1 amide bonds. The Kier molecular flexibility index (Phi) is 5.28. The number of aryl methyl sites for hydroxylation is 2. The fourth-order valence-electron chi connectivity index (χ4n) is 1.88. The van der Waals surface area contributed by atoms with Gasteiger partial charge in [-0.2, -0.15) is 10.4 Å². The Bertz CT molecular complexity index is 790. The molecule has 0 aliphatic rings. The van der Waals surface area contributed by atoms with Crippen molar-refractivity contribution in [3.8, 4) is 6.07 Å². The zero-order valence-corrected chi connectivity index (χ0v) is 14.3. The standard InChI is InChI=1S/C14H12IN5O3/c1-9-12(15)8-19(18-9)5-4-14(21)17-13-3-2-11(20(22)23)6-10(13)7-16/h2-3,6,8H,4-5H2,1H3,(H,17,21). The number of benzene rings is 1. The van der Waals surface area contributed by atoms with E-state index in [0.717, 1.165) is 15.3 Å². The summed E-state index contributed by atoms with van der Waals surface area (Å²) in [6.07, 6.45) is 2.02. The van der Waals surface area contributed by atoms with E-state index in [0.29, 0.717) is 6.54 Å². The fourth-order valence-corrected chi connectivity index (χ4v) is 2.31. The molecule has 0 aliphatic heterocycles. The van der Waals surface area contributed by atoms with E-state index < -0.39 is 4.92 Å². The first-order valence-corrected chi connectivity index (χ1v) is 7.66. The summed E-state index contributed by atoms with van der Waals surface area (Å²) in [6.45, 7) is 2.29. The van der Waals surface area contributed by atoms with Crippen LogP contribution in [0.2, 0.25) is 0 Å². The van der Waals surface area contributed by atoms with Crippen molar-refractivity contribution >= 4 is 39.9 Å². The number of nitro benzene ring substituents is 1. The molecule has 1 aromatic carbocycles. The summed E-state index contributed by atoms with van der Waals surface area (Å²) < 4.78 is 2.70. The zero-order chi connectivity index (χ0) is 17.0. The van der Waals surface area contributed by atoms with Crippen molar-refractivity contribution in [2.75, 3.05) is 5.32 Å². The number of carbonyl (C=O) groups excluding carboxylic acids is 1. The highest BCUT2D eigenvalue weighted by molar-refractivity contribution is 14.1. The van der Waals surface area contributed by atoms with E-state index in [1.807, 2.05) is 19.2 Å². The van der Waals surface area contributed by atoms with Crippen LogP contribution in [0.1, 0.15) is 17.7 Å². The van der Waals surface area contributed by atoms with Crippen LogP contribution in [0.25, 0.3) is 0 Å². The van der Waals surface area contributed by atoms with E-state index in [1.54, 1.807) is 4.68 Å². The number of nitrogens with one attached hydrogen (secondary N) is 1. The molecule has 0 atom stereocenters. The van der Waals surface area contributed by atoms with E-state index in [2.05, 4.69) is 33.0 Å². The lowest BCUT2D eigenvalue weighted by molar-refractivity contribution is -0.384. The van der Waals surface area contributed by atoms with Crippen LogP contribution < -0.4 is 5.32 Å². The summed E-state index contributed by atoms with van der Waals surface area (Å²) in [6, 6.07) is 5.58. The molecule has 1 aromatic heterocycles.